The van der Waals surface area contributed by atoms with Crippen LogP contribution in [0.3, 0.4) is 0 Å². The Bertz CT molecular complexity index is 826. The monoisotopic (exact) mass is 394 g/mol. The lowest BCUT2D eigenvalue weighted by Crippen LogP contribution is -2.50. The Balaban J connectivity index is 1.56. The summed E-state index contributed by atoms with van der Waals surface area (Å²) >= 11 is 11.2. The molecule has 1 aliphatic rings. The Morgan fingerprint density at radius 3 is 2.38 bits per heavy atom. The Morgan fingerprint density at radius 1 is 1.15 bits per heavy atom. The summed E-state index contributed by atoms with van der Waals surface area (Å²) in [7, 11) is 0. The van der Waals surface area contributed by atoms with Crippen molar-refractivity contribution in [1.29, 1.82) is 0 Å². The van der Waals surface area contributed by atoms with Gasteiger partial charge in [0.25, 0.3) is 5.69 Å². The number of nitro groups is 1. The zero-order chi connectivity index (χ0) is 18.7. The molecular formula is C17H16ClFN4O2S. The fourth-order valence-corrected chi connectivity index (χ4v) is 3.21. The van der Waals surface area contributed by atoms with Crippen LogP contribution in [0.4, 0.5) is 21.5 Å². The van der Waals surface area contributed by atoms with Crippen molar-refractivity contribution in [3.8, 4) is 0 Å². The van der Waals surface area contributed by atoms with E-state index in [1.54, 1.807) is 18.2 Å². The number of piperazine rings is 1. The lowest BCUT2D eigenvalue weighted by Gasteiger charge is -2.37. The number of thiocarbonyl (C=S) groups is 1. The summed E-state index contributed by atoms with van der Waals surface area (Å²) in [6.45, 7) is 2.89. The minimum absolute atomic E-state index is 0.0424. The number of non-ortho nitro benzene ring substituents is 1. The summed E-state index contributed by atoms with van der Waals surface area (Å²) < 4.78 is 13.2. The average Bonchev–Trinajstić information content (AvgIpc) is 2.65. The number of benzene rings is 2. The van der Waals surface area contributed by atoms with Gasteiger partial charge in [-0.05, 0) is 42.5 Å². The molecule has 136 valence electrons. The second-order valence-electron chi connectivity index (χ2n) is 5.81. The molecule has 6 nitrogen and oxygen atoms in total. The molecule has 0 spiro atoms. The Morgan fingerprint density at radius 2 is 1.81 bits per heavy atom. The molecule has 1 aliphatic heterocycles. The highest BCUT2D eigenvalue weighted by molar-refractivity contribution is 7.80. The van der Waals surface area contributed by atoms with Gasteiger partial charge in [-0.3, -0.25) is 10.1 Å². The lowest BCUT2D eigenvalue weighted by atomic mass is 10.2. The second kappa shape index (κ2) is 7.84. The Kier molecular flexibility index (Phi) is 5.53. The van der Waals surface area contributed by atoms with E-state index in [1.807, 2.05) is 4.90 Å². The minimum atomic E-state index is -0.472. The van der Waals surface area contributed by atoms with Crippen LogP contribution in [0.2, 0.25) is 5.02 Å². The van der Waals surface area contributed by atoms with Crippen LogP contribution >= 0.6 is 23.8 Å². The van der Waals surface area contributed by atoms with Gasteiger partial charge in [-0.25, -0.2) is 4.39 Å². The van der Waals surface area contributed by atoms with Crippen LogP contribution in [0, 0.1) is 15.9 Å². The van der Waals surface area contributed by atoms with Crippen LogP contribution in [0.15, 0.2) is 42.5 Å². The molecule has 0 bridgehead atoms. The molecule has 0 saturated carbocycles. The molecule has 1 fully saturated rings. The van der Waals surface area contributed by atoms with E-state index >= 15 is 0 Å². The Labute approximate surface area is 160 Å². The van der Waals surface area contributed by atoms with Crippen molar-refractivity contribution >= 4 is 46.0 Å². The normalized spacial score (nSPS) is 14.2. The molecule has 0 unspecified atom stereocenters. The van der Waals surface area contributed by atoms with Crippen molar-refractivity contribution in [2.24, 2.45) is 0 Å². The second-order valence-corrected chi connectivity index (χ2v) is 6.60. The van der Waals surface area contributed by atoms with E-state index in [4.69, 9.17) is 23.8 Å². The average molecular weight is 395 g/mol. The maximum Gasteiger partial charge on any atom is 0.269 e. The number of nitrogens with zero attached hydrogens (tertiary/aromatic N) is 3. The molecule has 0 atom stereocenters. The van der Waals surface area contributed by atoms with Gasteiger partial charge in [0.1, 0.15) is 5.82 Å². The molecule has 3 rings (SSSR count). The third kappa shape index (κ3) is 4.20. The van der Waals surface area contributed by atoms with Gasteiger partial charge in [0, 0.05) is 49.7 Å². The summed E-state index contributed by atoms with van der Waals surface area (Å²) in [6.07, 6.45) is 0. The van der Waals surface area contributed by atoms with Crippen LogP contribution in [-0.2, 0) is 0 Å². The van der Waals surface area contributed by atoms with E-state index in [0.717, 1.165) is 18.8 Å². The fraction of sp³-hybridized carbons (Fsp3) is 0.235. The molecule has 1 saturated heterocycles. The standard InChI is InChI=1S/C17H16ClFN4O2S/c18-15-11-12(1-6-16(15)19)20-17(26)22-9-7-21(8-10-22)13-2-4-14(5-3-13)23(24)25/h1-6,11H,7-10H2,(H,20,26). The number of hydrogen-bond acceptors (Lipinski definition) is 4. The summed E-state index contributed by atoms with van der Waals surface area (Å²) in [4.78, 5) is 14.5. The molecule has 2 aromatic rings. The molecule has 0 radical (unpaired) electrons. The van der Waals surface area contributed by atoms with Crippen molar-refractivity contribution in [2.75, 3.05) is 36.4 Å². The number of rotatable bonds is 3. The molecule has 1 N–H and O–H groups in total. The van der Waals surface area contributed by atoms with Gasteiger partial charge in [-0.1, -0.05) is 11.6 Å². The highest BCUT2D eigenvalue weighted by atomic mass is 35.5. The van der Waals surface area contributed by atoms with Crippen molar-refractivity contribution in [2.45, 2.75) is 0 Å². The largest absolute Gasteiger partial charge is 0.368 e. The van der Waals surface area contributed by atoms with E-state index in [2.05, 4.69) is 10.2 Å². The first-order valence-electron chi connectivity index (χ1n) is 7.94. The van der Waals surface area contributed by atoms with Gasteiger partial charge >= 0.3 is 0 Å². The summed E-state index contributed by atoms with van der Waals surface area (Å²) in [5.41, 5.74) is 1.66. The predicted octanol–water partition coefficient (Wildman–Crippen LogP) is 3.91. The first kappa shape index (κ1) is 18.3. The molecule has 1 heterocycles. The molecule has 2 aromatic carbocycles. The highest BCUT2D eigenvalue weighted by Crippen LogP contribution is 2.22. The van der Waals surface area contributed by atoms with Crippen LogP contribution in [-0.4, -0.2) is 41.1 Å². The van der Waals surface area contributed by atoms with Crippen LogP contribution in [0.25, 0.3) is 0 Å². The van der Waals surface area contributed by atoms with Crippen molar-refractivity contribution in [3.05, 3.63) is 63.4 Å². The molecule has 0 aliphatic carbocycles. The third-order valence-corrected chi connectivity index (χ3v) is 4.81. The van der Waals surface area contributed by atoms with Crippen LogP contribution in [0.1, 0.15) is 0 Å². The minimum Gasteiger partial charge on any atom is -0.368 e. The van der Waals surface area contributed by atoms with Crippen molar-refractivity contribution in [3.63, 3.8) is 0 Å². The molecule has 0 aromatic heterocycles. The van der Waals surface area contributed by atoms with Gasteiger partial charge < -0.3 is 15.1 Å². The number of nitrogens with one attached hydrogen (secondary N) is 1. The van der Waals surface area contributed by atoms with Gasteiger partial charge in [-0.15, -0.1) is 0 Å². The van der Waals surface area contributed by atoms with Crippen LogP contribution in [0.5, 0.6) is 0 Å². The van der Waals surface area contributed by atoms with E-state index in [1.165, 1.54) is 24.3 Å². The van der Waals surface area contributed by atoms with E-state index in [0.29, 0.717) is 23.9 Å². The molecule has 0 amide bonds. The molecule has 26 heavy (non-hydrogen) atoms. The van der Waals surface area contributed by atoms with Crippen LogP contribution < -0.4 is 10.2 Å². The molecular weight excluding hydrogens is 379 g/mol. The number of halogens is 2. The summed E-state index contributed by atoms with van der Waals surface area (Å²) in [5.74, 6) is -0.472. The van der Waals surface area contributed by atoms with E-state index in [9.17, 15) is 14.5 Å². The Hall–Kier alpha value is -2.45. The summed E-state index contributed by atoms with van der Waals surface area (Å²) in [5, 5.41) is 14.4. The topological polar surface area (TPSA) is 61.7 Å². The quantitative estimate of drug-likeness (QED) is 0.484. The summed E-state index contributed by atoms with van der Waals surface area (Å²) in [6, 6.07) is 10.9. The molecule has 9 heteroatoms. The van der Waals surface area contributed by atoms with Gasteiger partial charge in [0.2, 0.25) is 0 Å². The van der Waals surface area contributed by atoms with Crippen molar-refractivity contribution < 1.29 is 9.31 Å². The number of hydrogen-bond donors (Lipinski definition) is 1. The first-order valence-corrected chi connectivity index (χ1v) is 8.73. The van der Waals surface area contributed by atoms with Crippen molar-refractivity contribution in [1.82, 2.24) is 4.90 Å². The maximum atomic E-state index is 13.2. The third-order valence-electron chi connectivity index (χ3n) is 4.16. The predicted molar refractivity (Wildman–Crippen MR) is 105 cm³/mol. The maximum absolute atomic E-state index is 13.2. The zero-order valence-electron chi connectivity index (χ0n) is 13.7. The zero-order valence-corrected chi connectivity index (χ0v) is 15.3. The number of nitro benzene ring substituents is 1. The van der Waals surface area contributed by atoms with Gasteiger partial charge in [-0.2, -0.15) is 0 Å². The smallest absolute Gasteiger partial charge is 0.269 e. The van der Waals surface area contributed by atoms with Gasteiger partial charge in [0.05, 0.1) is 9.95 Å². The SMILES string of the molecule is O=[N+]([O-])c1ccc(N2CCN(C(=S)Nc3ccc(F)c(Cl)c3)CC2)cc1. The first-order chi connectivity index (χ1) is 12.4. The van der Waals surface area contributed by atoms with E-state index in [-0.39, 0.29) is 10.7 Å². The van der Waals surface area contributed by atoms with E-state index < -0.39 is 10.7 Å². The highest BCUT2D eigenvalue weighted by Gasteiger charge is 2.20. The lowest BCUT2D eigenvalue weighted by molar-refractivity contribution is -0.384. The fourth-order valence-electron chi connectivity index (χ4n) is 2.73. The number of anilines is 2. The van der Waals surface area contributed by atoms with Gasteiger partial charge in [0.15, 0.2) is 5.11 Å².